The Balaban J connectivity index is 1.57. The maximum absolute atomic E-state index is 10.5. The average molecular weight is 272 g/mol. The van der Waals surface area contributed by atoms with Crippen molar-refractivity contribution in [2.24, 2.45) is 5.92 Å². The molecule has 1 aromatic rings. The summed E-state index contributed by atoms with van der Waals surface area (Å²) in [7, 11) is 0. The topological polar surface area (TPSA) is 20.2 Å². The zero-order valence-corrected chi connectivity index (χ0v) is 12.6. The van der Waals surface area contributed by atoms with Gasteiger partial charge in [-0.25, -0.2) is 0 Å². The van der Waals surface area contributed by atoms with Gasteiger partial charge in [0.1, 0.15) is 0 Å². The van der Waals surface area contributed by atoms with Gasteiger partial charge < -0.3 is 5.11 Å². The third kappa shape index (κ3) is 3.44. The molecule has 1 unspecified atom stereocenters. The molecule has 0 radical (unpaired) electrons. The molecule has 0 aromatic heterocycles. The fourth-order valence-corrected chi connectivity index (χ4v) is 4.00. The maximum atomic E-state index is 10.5. The number of fused-ring (bicyclic) bond motifs is 1. The van der Waals surface area contributed by atoms with Crippen LogP contribution in [0.25, 0.3) is 0 Å². The summed E-state index contributed by atoms with van der Waals surface area (Å²) in [6.07, 6.45) is 14.0. The molecule has 0 aliphatic heterocycles. The molecule has 1 saturated carbocycles. The van der Waals surface area contributed by atoms with Crippen LogP contribution in [-0.4, -0.2) is 5.11 Å². The first-order valence-electron chi connectivity index (χ1n) is 8.63. The summed E-state index contributed by atoms with van der Waals surface area (Å²) in [5, 5.41) is 10.5. The Labute approximate surface area is 123 Å². The van der Waals surface area contributed by atoms with Crippen LogP contribution in [0.1, 0.15) is 80.6 Å². The van der Waals surface area contributed by atoms with Gasteiger partial charge in [-0.2, -0.15) is 0 Å². The lowest BCUT2D eigenvalue weighted by molar-refractivity contribution is 0.151. The van der Waals surface area contributed by atoms with E-state index in [-0.39, 0.29) is 6.10 Å². The first-order valence-corrected chi connectivity index (χ1v) is 8.63. The summed E-state index contributed by atoms with van der Waals surface area (Å²) in [5.41, 5.74) is 4.16. The van der Waals surface area contributed by atoms with Crippen LogP contribution in [0, 0.1) is 5.92 Å². The van der Waals surface area contributed by atoms with Crippen LogP contribution in [0.5, 0.6) is 0 Å². The van der Waals surface area contributed by atoms with Gasteiger partial charge in [0, 0.05) is 0 Å². The van der Waals surface area contributed by atoms with Gasteiger partial charge in [-0.1, -0.05) is 50.3 Å². The molecular weight excluding hydrogens is 244 g/mol. The van der Waals surface area contributed by atoms with Crippen LogP contribution in [0.15, 0.2) is 18.2 Å². The number of aliphatic hydroxyl groups is 1. The standard InChI is InChI=1S/C19H28O/c20-19(13-10-15-6-2-1-3-7-15)18-12-11-16-8-4-5-9-17(16)14-18/h11-12,14-15,19-20H,1-10,13H2. The van der Waals surface area contributed by atoms with Crippen molar-refractivity contribution >= 4 is 0 Å². The summed E-state index contributed by atoms with van der Waals surface area (Å²) in [6, 6.07) is 6.70. The van der Waals surface area contributed by atoms with Crippen molar-refractivity contribution in [1.82, 2.24) is 0 Å². The van der Waals surface area contributed by atoms with Crippen molar-refractivity contribution in [3.63, 3.8) is 0 Å². The number of hydrogen-bond acceptors (Lipinski definition) is 1. The molecule has 1 heteroatoms. The van der Waals surface area contributed by atoms with Crippen molar-refractivity contribution in [3.8, 4) is 0 Å². The van der Waals surface area contributed by atoms with E-state index < -0.39 is 0 Å². The predicted octanol–water partition coefficient (Wildman–Crippen LogP) is 4.96. The molecule has 1 fully saturated rings. The Hall–Kier alpha value is -0.820. The third-order valence-electron chi connectivity index (χ3n) is 5.33. The molecule has 0 saturated heterocycles. The van der Waals surface area contributed by atoms with Crippen molar-refractivity contribution in [2.45, 2.75) is 76.7 Å². The van der Waals surface area contributed by atoms with E-state index in [0.717, 1.165) is 17.9 Å². The molecule has 2 aliphatic carbocycles. The minimum Gasteiger partial charge on any atom is -0.388 e. The smallest absolute Gasteiger partial charge is 0.0790 e. The molecule has 0 amide bonds. The van der Waals surface area contributed by atoms with Crippen LogP contribution in [0.2, 0.25) is 0 Å². The van der Waals surface area contributed by atoms with Gasteiger partial charge in [-0.05, 0) is 61.1 Å². The largest absolute Gasteiger partial charge is 0.388 e. The Morgan fingerprint density at radius 2 is 1.70 bits per heavy atom. The zero-order chi connectivity index (χ0) is 13.8. The fraction of sp³-hybridized carbons (Fsp3) is 0.684. The van der Waals surface area contributed by atoms with Gasteiger partial charge in [0.05, 0.1) is 6.10 Å². The second-order valence-corrected chi connectivity index (χ2v) is 6.83. The highest BCUT2D eigenvalue weighted by atomic mass is 16.3. The van der Waals surface area contributed by atoms with E-state index in [9.17, 15) is 5.11 Å². The second-order valence-electron chi connectivity index (χ2n) is 6.83. The minimum absolute atomic E-state index is 0.246. The van der Waals surface area contributed by atoms with Crippen LogP contribution >= 0.6 is 0 Å². The normalized spacial score (nSPS) is 21.4. The molecule has 1 nitrogen and oxygen atoms in total. The van der Waals surface area contributed by atoms with Gasteiger partial charge in [0.2, 0.25) is 0 Å². The predicted molar refractivity (Wildman–Crippen MR) is 83.9 cm³/mol. The van der Waals surface area contributed by atoms with E-state index in [1.54, 1.807) is 0 Å². The molecule has 20 heavy (non-hydrogen) atoms. The summed E-state index contributed by atoms with van der Waals surface area (Å²) in [6.45, 7) is 0. The van der Waals surface area contributed by atoms with Crippen molar-refractivity contribution in [3.05, 3.63) is 34.9 Å². The van der Waals surface area contributed by atoms with Gasteiger partial charge >= 0.3 is 0 Å². The molecule has 1 atom stereocenters. The first kappa shape index (κ1) is 14.1. The molecular formula is C19H28O. The number of benzene rings is 1. The lowest BCUT2D eigenvalue weighted by atomic mass is 9.84. The summed E-state index contributed by atoms with van der Waals surface area (Å²) in [4.78, 5) is 0. The highest BCUT2D eigenvalue weighted by Gasteiger charge is 2.17. The minimum atomic E-state index is -0.246. The Morgan fingerprint density at radius 1 is 0.950 bits per heavy atom. The van der Waals surface area contributed by atoms with Crippen molar-refractivity contribution in [2.75, 3.05) is 0 Å². The van der Waals surface area contributed by atoms with Crippen LogP contribution in [-0.2, 0) is 12.8 Å². The number of hydrogen-bond donors (Lipinski definition) is 1. The molecule has 0 spiro atoms. The van der Waals surface area contributed by atoms with Crippen LogP contribution < -0.4 is 0 Å². The van der Waals surface area contributed by atoms with Crippen molar-refractivity contribution in [1.29, 1.82) is 0 Å². The summed E-state index contributed by atoms with van der Waals surface area (Å²) < 4.78 is 0. The third-order valence-corrected chi connectivity index (χ3v) is 5.33. The van der Waals surface area contributed by atoms with Gasteiger partial charge in [0.25, 0.3) is 0 Å². The van der Waals surface area contributed by atoms with Crippen LogP contribution in [0.3, 0.4) is 0 Å². The zero-order valence-electron chi connectivity index (χ0n) is 12.6. The van der Waals surface area contributed by atoms with Crippen molar-refractivity contribution < 1.29 is 5.11 Å². The molecule has 0 bridgehead atoms. The Morgan fingerprint density at radius 3 is 2.50 bits per heavy atom. The lowest BCUT2D eigenvalue weighted by Gasteiger charge is -2.23. The molecule has 0 heterocycles. The molecule has 1 N–H and O–H groups in total. The second kappa shape index (κ2) is 6.76. The number of aryl methyl sites for hydroxylation is 2. The number of aliphatic hydroxyl groups excluding tert-OH is 1. The molecule has 1 aromatic carbocycles. The Bertz CT molecular complexity index is 431. The van der Waals surface area contributed by atoms with E-state index in [4.69, 9.17) is 0 Å². The monoisotopic (exact) mass is 272 g/mol. The fourth-order valence-electron chi connectivity index (χ4n) is 4.00. The lowest BCUT2D eigenvalue weighted by Crippen LogP contribution is -2.09. The number of rotatable bonds is 4. The van der Waals surface area contributed by atoms with E-state index >= 15 is 0 Å². The maximum Gasteiger partial charge on any atom is 0.0790 e. The average Bonchev–Trinajstić information content (AvgIpc) is 2.53. The van der Waals surface area contributed by atoms with E-state index in [0.29, 0.717) is 0 Å². The van der Waals surface area contributed by atoms with Crippen LogP contribution in [0.4, 0.5) is 0 Å². The van der Waals surface area contributed by atoms with E-state index in [1.165, 1.54) is 75.3 Å². The summed E-state index contributed by atoms with van der Waals surface area (Å²) >= 11 is 0. The first-order chi connectivity index (χ1) is 9.83. The van der Waals surface area contributed by atoms with E-state index in [2.05, 4.69) is 18.2 Å². The molecule has 3 rings (SSSR count). The quantitative estimate of drug-likeness (QED) is 0.821. The SMILES string of the molecule is OC(CCC1CCCCC1)c1ccc2c(c1)CCCC2. The van der Waals surface area contributed by atoms with E-state index in [1.807, 2.05) is 0 Å². The summed E-state index contributed by atoms with van der Waals surface area (Å²) in [5.74, 6) is 0.871. The van der Waals surface area contributed by atoms with Gasteiger partial charge in [-0.15, -0.1) is 0 Å². The van der Waals surface area contributed by atoms with Gasteiger partial charge in [0.15, 0.2) is 0 Å². The van der Waals surface area contributed by atoms with Gasteiger partial charge in [-0.3, -0.25) is 0 Å². The molecule has 110 valence electrons. The molecule has 2 aliphatic rings. The highest BCUT2D eigenvalue weighted by molar-refractivity contribution is 5.34. The Kier molecular flexibility index (Phi) is 4.77. The highest BCUT2D eigenvalue weighted by Crippen LogP contribution is 2.31.